The molecular formula is C13H27N. The smallest absolute Gasteiger partial charge is 0.0118 e. The second kappa shape index (κ2) is 5.75. The fourth-order valence-electron chi connectivity index (χ4n) is 2.57. The highest BCUT2D eigenvalue weighted by Gasteiger charge is 2.27. The average Bonchev–Trinajstić information content (AvgIpc) is 2.16. The molecule has 0 aromatic heterocycles. The summed E-state index contributed by atoms with van der Waals surface area (Å²) in [7, 11) is 0. The van der Waals surface area contributed by atoms with E-state index in [1.165, 1.54) is 32.2 Å². The Labute approximate surface area is 89.7 Å². The first-order chi connectivity index (χ1) is 6.65. The summed E-state index contributed by atoms with van der Waals surface area (Å²) in [6, 6.07) is 0.776. The summed E-state index contributed by atoms with van der Waals surface area (Å²) >= 11 is 0. The zero-order chi connectivity index (χ0) is 10.6. The normalized spacial score (nSPS) is 35.6. The van der Waals surface area contributed by atoms with E-state index in [0.717, 1.165) is 23.8 Å². The third kappa shape index (κ3) is 3.27. The first-order valence-corrected chi connectivity index (χ1v) is 6.38. The lowest BCUT2D eigenvalue weighted by Crippen LogP contribution is -2.44. The van der Waals surface area contributed by atoms with Crippen LogP contribution >= 0.6 is 0 Å². The Balaban J connectivity index is 2.32. The maximum atomic E-state index is 3.77. The molecule has 1 heteroatoms. The molecule has 0 bridgehead atoms. The summed E-state index contributed by atoms with van der Waals surface area (Å²) < 4.78 is 0. The maximum Gasteiger partial charge on any atom is 0.0118 e. The van der Waals surface area contributed by atoms with E-state index in [9.17, 15) is 0 Å². The fraction of sp³-hybridized carbons (Fsp3) is 1.00. The predicted octanol–water partition coefficient (Wildman–Crippen LogP) is 3.45. The van der Waals surface area contributed by atoms with Gasteiger partial charge in [0, 0.05) is 6.04 Å². The van der Waals surface area contributed by atoms with Crippen molar-refractivity contribution in [2.75, 3.05) is 6.54 Å². The molecule has 0 radical (unpaired) electrons. The Kier molecular flexibility index (Phi) is 4.94. The van der Waals surface area contributed by atoms with Gasteiger partial charge in [0.25, 0.3) is 0 Å². The molecule has 0 aromatic rings. The summed E-state index contributed by atoms with van der Waals surface area (Å²) in [6.45, 7) is 10.6. The van der Waals surface area contributed by atoms with Gasteiger partial charge in [0.15, 0.2) is 0 Å². The second-order valence-electron chi connectivity index (χ2n) is 5.33. The molecule has 0 amide bonds. The predicted molar refractivity (Wildman–Crippen MR) is 63.4 cm³/mol. The van der Waals surface area contributed by atoms with Gasteiger partial charge in [-0.25, -0.2) is 0 Å². The molecule has 0 heterocycles. The molecule has 3 atom stereocenters. The maximum absolute atomic E-state index is 3.77. The topological polar surface area (TPSA) is 12.0 Å². The highest BCUT2D eigenvalue weighted by Crippen LogP contribution is 2.28. The van der Waals surface area contributed by atoms with Crippen LogP contribution in [0.25, 0.3) is 0 Å². The van der Waals surface area contributed by atoms with Crippen molar-refractivity contribution >= 4 is 0 Å². The first kappa shape index (κ1) is 12.0. The number of rotatable bonds is 4. The minimum absolute atomic E-state index is 0.776. The molecule has 1 N–H and O–H groups in total. The van der Waals surface area contributed by atoms with E-state index < -0.39 is 0 Å². The largest absolute Gasteiger partial charge is 0.313 e. The Bertz CT molecular complexity index is 145. The van der Waals surface area contributed by atoms with Gasteiger partial charge in [-0.2, -0.15) is 0 Å². The third-order valence-electron chi connectivity index (χ3n) is 3.94. The Hall–Kier alpha value is -0.0400. The summed E-state index contributed by atoms with van der Waals surface area (Å²) in [5.41, 5.74) is 0. The minimum atomic E-state index is 0.776. The molecule has 0 aliphatic heterocycles. The number of nitrogens with one attached hydrogen (secondary N) is 1. The number of hydrogen-bond donors (Lipinski definition) is 1. The van der Waals surface area contributed by atoms with E-state index in [0.29, 0.717) is 0 Å². The van der Waals surface area contributed by atoms with Crippen LogP contribution in [0.2, 0.25) is 0 Å². The van der Waals surface area contributed by atoms with E-state index in [1.807, 2.05) is 0 Å². The number of hydrogen-bond acceptors (Lipinski definition) is 1. The summed E-state index contributed by atoms with van der Waals surface area (Å²) in [5, 5.41) is 3.77. The van der Waals surface area contributed by atoms with Gasteiger partial charge in [-0.3, -0.25) is 0 Å². The van der Waals surface area contributed by atoms with Crippen LogP contribution in [0.15, 0.2) is 0 Å². The van der Waals surface area contributed by atoms with Crippen LogP contribution in [0.4, 0.5) is 0 Å². The SMILES string of the molecule is CCC(C)CNC1C(C)CCCC1C. The Morgan fingerprint density at radius 2 is 1.79 bits per heavy atom. The zero-order valence-electron chi connectivity index (χ0n) is 10.3. The van der Waals surface area contributed by atoms with Crippen molar-refractivity contribution in [2.45, 2.75) is 59.4 Å². The van der Waals surface area contributed by atoms with E-state index in [4.69, 9.17) is 0 Å². The highest BCUT2D eigenvalue weighted by atomic mass is 14.9. The second-order valence-corrected chi connectivity index (χ2v) is 5.33. The van der Waals surface area contributed by atoms with E-state index in [2.05, 4.69) is 33.0 Å². The fourth-order valence-corrected chi connectivity index (χ4v) is 2.57. The van der Waals surface area contributed by atoms with Gasteiger partial charge in [0.2, 0.25) is 0 Å². The van der Waals surface area contributed by atoms with Gasteiger partial charge in [-0.05, 0) is 37.1 Å². The lowest BCUT2D eigenvalue weighted by Gasteiger charge is -2.36. The van der Waals surface area contributed by atoms with Crippen molar-refractivity contribution < 1.29 is 0 Å². The van der Waals surface area contributed by atoms with Crippen molar-refractivity contribution in [1.29, 1.82) is 0 Å². The van der Waals surface area contributed by atoms with Crippen molar-refractivity contribution in [1.82, 2.24) is 5.32 Å². The third-order valence-corrected chi connectivity index (χ3v) is 3.94. The molecule has 84 valence electrons. The van der Waals surface area contributed by atoms with E-state index in [1.54, 1.807) is 0 Å². The molecule has 1 aliphatic rings. The van der Waals surface area contributed by atoms with Gasteiger partial charge in [-0.15, -0.1) is 0 Å². The monoisotopic (exact) mass is 197 g/mol. The molecular weight excluding hydrogens is 170 g/mol. The lowest BCUT2D eigenvalue weighted by atomic mass is 9.78. The molecule has 3 unspecified atom stereocenters. The van der Waals surface area contributed by atoms with Crippen LogP contribution in [-0.2, 0) is 0 Å². The van der Waals surface area contributed by atoms with E-state index >= 15 is 0 Å². The van der Waals surface area contributed by atoms with Gasteiger partial charge >= 0.3 is 0 Å². The summed E-state index contributed by atoms with van der Waals surface area (Å²) in [4.78, 5) is 0. The van der Waals surface area contributed by atoms with Crippen LogP contribution < -0.4 is 5.32 Å². The molecule has 1 saturated carbocycles. The summed E-state index contributed by atoms with van der Waals surface area (Å²) in [5.74, 6) is 2.59. The van der Waals surface area contributed by atoms with Gasteiger partial charge in [0.1, 0.15) is 0 Å². The summed E-state index contributed by atoms with van der Waals surface area (Å²) in [6.07, 6.45) is 5.57. The van der Waals surface area contributed by atoms with Crippen molar-refractivity contribution in [2.24, 2.45) is 17.8 Å². The molecule has 14 heavy (non-hydrogen) atoms. The van der Waals surface area contributed by atoms with Crippen LogP contribution in [-0.4, -0.2) is 12.6 Å². The molecule has 1 aliphatic carbocycles. The van der Waals surface area contributed by atoms with E-state index in [-0.39, 0.29) is 0 Å². The standard InChI is InChI=1S/C13H27N/c1-5-10(2)9-14-13-11(3)7-6-8-12(13)4/h10-14H,5-9H2,1-4H3. The van der Waals surface area contributed by atoms with Crippen molar-refractivity contribution in [3.63, 3.8) is 0 Å². The Morgan fingerprint density at radius 3 is 2.29 bits per heavy atom. The molecule has 0 saturated heterocycles. The van der Waals surface area contributed by atoms with Crippen molar-refractivity contribution in [3.05, 3.63) is 0 Å². The highest BCUT2D eigenvalue weighted by molar-refractivity contribution is 4.83. The molecule has 1 nitrogen and oxygen atoms in total. The van der Waals surface area contributed by atoms with Crippen LogP contribution in [0.1, 0.15) is 53.4 Å². The van der Waals surface area contributed by atoms with Crippen molar-refractivity contribution in [3.8, 4) is 0 Å². The molecule has 1 fully saturated rings. The van der Waals surface area contributed by atoms with Gasteiger partial charge in [-0.1, -0.05) is 40.5 Å². The van der Waals surface area contributed by atoms with Crippen LogP contribution in [0, 0.1) is 17.8 Å². The molecule has 0 aromatic carbocycles. The molecule has 1 rings (SSSR count). The van der Waals surface area contributed by atoms with Crippen LogP contribution in [0.5, 0.6) is 0 Å². The average molecular weight is 197 g/mol. The Morgan fingerprint density at radius 1 is 1.21 bits per heavy atom. The quantitative estimate of drug-likeness (QED) is 0.728. The molecule has 0 spiro atoms. The first-order valence-electron chi connectivity index (χ1n) is 6.38. The van der Waals surface area contributed by atoms with Gasteiger partial charge in [0.05, 0.1) is 0 Å². The van der Waals surface area contributed by atoms with Crippen LogP contribution in [0.3, 0.4) is 0 Å². The van der Waals surface area contributed by atoms with Gasteiger partial charge < -0.3 is 5.32 Å². The minimum Gasteiger partial charge on any atom is -0.313 e. The lowest BCUT2D eigenvalue weighted by molar-refractivity contribution is 0.202. The zero-order valence-corrected chi connectivity index (χ0v) is 10.3.